The third kappa shape index (κ3) is 2.35. The molecule has 0 heteroatoms. The number of rotatable bonds is 2. The summed E-state index contributed by atoms with van der Waals surface area (Å²) in [6.45, 7) is 2.02. The maximum Gasteiger partial charge on any atom is -0.0178 e. The molecule has 0 aromatic heterocycles. The summed E-state index contributed by atoms with van der Waals surface area (Å²) in [6, 6.07) is 14.9. The summed E-state index contributed by atoms with van der Waals surface area (Å²) < 4.78 is 0. The van der Waals surface area contributed by atoms with Gasteiger partial charge in [0.15, 0.2) is 0 Å². The first kappa shape index (κ1) is 9.72. The Labute approximate surface area is 90.6 Å². The molecule has 0 saturated carbocycles. The van der Waals surface area contributed by atoms with Crippen LogP contribution in [0.15, 0.2) is 60.7 Å². The van der Waals surface area contributed by atoms with Crippen molar-refractivity contribution in [1.82, 2.24) is 0 Å². The normalized spacial score (nSPS) is 11.8. The Bertz CT molecular complexity index is 504. The highest BCUT2D eigenvalue weighted by Crippen LogP contribution is 2.16. The van der Waals surface area contributed by atoms with E-state index in [4.69, 9.17) is 0 Å². The van der Waals surface area contributed by atoms with Gasteiger partial charge in [0.2, 0.25) is 0 Å². The molecule has 2 rings (SSSR count). The number of benzene rings is 2. The Morgan fingerprint density at radius 2 is 1.67 bits per heavy atom. The van der Waals surface area contributed by atoms with Gasteiger partial charge in [0, 0.05) is 0 Å². The van der Waals surface area contributed by atoms with Crippen LogP contribution in [0.1, 0.15) is 12.5 Å². The van der Waals surface area contributed by atoms with Crippen LogP contribution in [0.4, 0.5) is 0 Å². The predicted molar refractivity (Wildman–Crippen MR) is 67.8 cm³/mol. The Morgan fingerprint density at radius 1 is 0.867 bits per heavy atom. The molecule has 15 heavy (non-hydrogen) atoms. The van der Waals surface area contributed by atoms with Gasteiger partial charge in [0.25, 0.3) is 0 Å². The molecule has 0 fully saturated rings. The first-order valence-corrected chi connectivity index (χ1v) is 5.18. The topological polar surface area (TPSA) is 0 Å². The van der Waals surface area contributed by atoms with Gasteiger partial charge >= 0.3 is 0 Å². The molecule has 2 aromatic carbocycles. The number of allylic oxidation sites excluding steroid dienone is 3. The maximum absolute atomic E-state index is 2.20. The first-order chi connectivity index (χ1) is 7.40. The highest BCUT2D eigenvalue weighted by atomic mass is 14.0. The van der Waals surface area contributed by atoms with Crippen molar-refractivity contribution in [3.05, 3.63) is 66.3 Å². The van der Waals surface area contributed by atoms with E-state index in [1.165, 1.54) is 16.3 Å². The van der Waals surface area contributed by atoms with Crippen molar-refractivity contribution in [2.75, 3.05) is 0 Å². The van der Waals surface area contributed by atoms with Crippen LogP contribution >= 0.6 is 0 Å². The second-order valence-corrected chi connectivity index (χ2v) is 3.49. The van der Waals surface area contributed by atoms with Crippen LogP contribution in [0.2, 0.25) is 0 Å². The average molecular weight is 194 g/mol. The molecule has 0 spiro atoms. The molecule has 0 unspecified atom stereocenters. The summed E-state index contributed by atoms with van der Waals surface area (Å²) in [5.74, 6) is 0. The van der Waals surface area contributed by atoms with Crippen LogP contribution in [0.25, 0.3) is 16.8 Å². The van der Waals surface area contributed by atoms with E-state index in [0.29, 0.717) is 0 Å². The van der Waals surface area contributed by atoms with E-state index in [9.17, 15) is 0 Å². The molecule has 0 atom stereocenters. The Kier molecular flexibility index (Phi) is 2.99. The molecular weight excluding hydrogens is 180 g/mol. The van der Waals surface area contributed by atoms with Gasteiger partial charge in [-0.15, -0.1) is 0 Å². The van der Waals surface area contributed by atoms with Crippen LogP contribution in [0, 0.1) is 0 Å². The summed E-state index contributed by atoms with van der Waals surface area (Å²) in [4.78, 5) is 0. The molecule has 0 N–H and O–H groups in total. The Balaban J connectivity index is 2.38. The molecule has 0 bridgehead atoms. The van der Waals surface area contributed by atoms with Crippen molar-refractivity contribution in [2.45, 2.75) is 6.92 Å². The fourth-order valence-electron chi connectivity index (χ4n) is 1.59. The molecule has 74 valence electrons. The first-order valence-electron chi connectivity index (χ1n) is 5.18. The second-order valence-electron chi connectivity index (χ2n) is 3.49. The smallest absolute Gasteiger partial charge is 0.0178 e. The van der Waals surface area contributed by atoms with Crippen molar-refractivity contribution < 1.29 is 0 Å². The molecule has 0 aliphatic heterocycles. The van der Waals surface area contributed by atoms with Crippen LogP contribution in [0.5, 0.6) is 0 Å². The van der Waals surface area contributed by atoms with Crippen molar-refractivity contribution >= 4 is 16.8 Å². The lowest BCUT2D eigenvalue weighted by Crippen LogP contribution is -1.74. The zero-order valence-electron chi connectivity index (χ0n) is 8.85. The number of hydrogen-bond acceptors (Lipinski definition) is 0. The second kappa shape index (κ2) is 4.61. The van der Waals surface area contributed by atoms with Gasteiger partial charge in [-0.2, -0.15) is 0 Å². The van der Waals surface area contributed by atoms with E-state index in [-0.39, 0.29) is 0 Å². The molecule has 0 amide bonds. The van der Waals surface area contributed by atoms with Crippen LogP contribution < -0.4 is 0 Å². The maximum atomic E-state index is 2.20. The van der Waals surface area contributed by atoms with Gasteiger partial charge in [-0.3, -0.25) is 0 Å². The van der Waals surface area contributed by atoms with E-state index >= 15 is 0 Å². The predicted octanol–water partition coefficient (Wildman–Crippen LogP) is 4.43. The monoisotopic (exact) mass is 194 g/mol. The minimum atomic E-state index is 1.24. The lowest BCUT2D eigenvalue weighted by molar-refractivity contribution is 1.70. The van der Waals surface area contributed by atoms with Gasteiger partial charge in [-0.1, -0.05) is 60.7 Å². The third-order valence-electron chi connectivity index (χ3n) is 2.37. The van der Waals surface area contributed by atoms with Gasteiger partial charge < -0.3 is 0 Å². The van der Waals surface area contributed by atoms with E-state index in [1.54, 1.807) is 0 Å². The van der Waals surface area contributed by atoms with Gasteiger partial charge in [-0.25, -0.2) is 0 Å². The minimum absolute atomic E-state index is 1.24. The standard InChI is InChI=1S/C15H14/c1-2-3-4-7-13-10-11-14-8-5-6-9-15(14)12-13/h2-12H,1H3/b3-2+,7-4+. The lowest BCUT2D eigenvalue weighted by Gasteiger charge is -1.98. The fourth-order valence-corrected chi connectivity index (χ4v) is 1.59. The zero-order chi connectivity index (χ0) is 10.5. The Hall–Kier alpha value is -1.82. The quantitative estimate of drug-likeness (QED) is 0.620. The summed E-state index contributed by atoms with van der Waals surface area (Å²) in [7, 11) is 0. The van der Waals surface area contributed by atoms with Crippen molar-refractivity contribution in [3.8, 4) is 0 Å². The SMILES string of the molecule is C/C=C/C=C/c1ccc2ccccc2c1. The average Bonchev–Trinajstić information content (AvgIpc) is 2.29. The highest BCUT2D eigenvalue weighted by Gasteiger charge is 1.91. The largest absolute Gasteiger partial charge is 0.0877 e. The van der Waals surface area contributed by atoms with Crippen molar-refractivity contribution in [2.24, 2.45) is 0 Å². The minimum Gasteiger partial charge on any atom is -0.0877 e. The molecule has 2 aromatic rings. The number of hydrogen-bond donors (Lipinski definition) is 0. The zero-order valence-corrected chi connectivity index (χ0v) is 8.85. The summed E-state index contributed by atoms with van der Waals surface area (Å²) in [6.07, 6.45) is 8.24. The Morgan fingerprint density at radius 3 is 2.47 bits per heavy atom. The van der Waals surface area contributed by atoms with E-state index in [0.717, 1.165) is 0 Å². The summed E-state index contributed by atoms with van der Waals surface area (Å²) in [5.41, 5.74) is 1.24. The molecular formula is C15H14. The fraction of sp³-hybridized carbons (Fsp3) is 0.0667. The number of fused-ring (bicyclic) bond motifs is 1. The molecule has 0 nitrogen and oxygen atoms in total. The summed E-state index contributed by atoms with van der Waals surface area (Å²) in [5, 5.41) is 2.58. The molecule has 0 saturated heterocycles. The van der Waals surface area contributed by atoms with Gasteiger partial charge in [0.1, 0.15) is 0 Å². The molecule has 0 aliphatic rings. The van der Waals surface area contributed by atoms with Crippen molar-refractivity contribution in [1.29, 1.82) is 0 Å². The molecule has 0 heterocycles. The van der Waals surface area contributed by atoms with Gasteiger partial charge in [0.05, 0.1) is 0 Å². The summed E-state index contributed by atoms with van der Waals surface area (Å²) >= 11 is 0. The third-order valence-corrected chi connectivity index (χ3v) is 2.37. The lowest BCUT2D eigenvalue weighted by atomic mass is 10.1. The molecule has 0 radical (unpaired) electrons. The van der Waals surface area contributed by atoms with E-state index < -0.39 is 0 Å². The van der Waals surface area contributed by atoms with E-state index in [2.05, 4.69) is 54.6 Å². The van der Waals surface area contributed by atoms with Crippen LogP contribution in [-0.4, -0.2) is 0 Å². The van der Waals surface area contributed by atoms with Crippen LogP contribution in [-0.2, 0) is 0 Å². The highest BCUT2D eigenvalue weighted by molar-refractivity contribution is 5.84. The molecule has 0 aliphatic carbocycles. The van der Waals surface area contributed by atoms with E-state index in [1.807, 2.05) is 19.1 Å². The van der Waals surface area contributed by atoms with Crippen LogP contribution in [0.3, 0.4) is 0 Å². The van der Waals surface area contributed by atoms with Gasteiger partial charge in [-0.05, 0) is 29.3 Å². The van der Waals surface area contributed by atoms with Crippen molar-refractivity contribution in [3.63, 3.8) is 0 Å².